The fourth-order valence-corrected chi connectivity index (χ4v) is 4.99. The smallest absolute Gasteiger partial charge is 0.870 e. The quantitative estimate of drug-likeness (QED) is 0.189. The minimum atomic E-state index is -4.49. The molecule has 2 N–H and O–H groups in total. The summed E-state index contributed by atoms with van der Waals surface area (Å²) in [5, 5.41) is 25.5. The Bertz CT molecular complexity index is 1710. The van der Waals surface area contributed by atoms with Crippen LogP contribution in [0.4, 0.5) is 17.1 Å². The molecule has 0 radical (unpaired) electrons. The summed E-state index contributed by atoms with van der Waals surface area (Å²) in [6.45, 7) is 3.61. The Morgan fingerprint density at radius 3 is 2.49 bits per heavy atom. The maximum Gasteiger partial charge on any atom is 1.00 e. The zero-order valence-corrected chi connectivity index (χ0v) is 25.4. The number of carbonyl (C=O) groups is 1. The molecule has 0 aliphatic carbocycles. The SMILES string of the molecule is CCOc1cc(Cl)cc(NC(=O)c2cc3ccccc3c(N=Nc3ccc(S(=O)(=O)O)c(C)c3Cl)c2[O-])c1.[Na+]. The first kappa shape index (κ1) is 30.8. The minimum Gasteiger partial charge on any atom is -0.870 e. The molecule has 1 amide bonds. The standard InChI is InChI=1S/C26H21Cl2N3O6S.Na/c1-3-37-18-12-16(27)11-17(13-18)29-26(33)20-10-15-6-4-5-7-19(15)24(25(20)32)31-30-21-8-9-22(38(34,35)36)14(2)23(21)28;/h4-13,32H,3H2,1-2H3,(H,29,33)(H,34,35,36);/q;+1/p-1. The maximum absolute atomic E-state index is 13.4. The molecule has 39 heavy (non-hydrogen) atoms. The molecule has 4 aromatic carbocycles. The van der Waals surface area contributed by atoms with Crippen molar-refractivity contribution in [3.63, 3.8) is 0 Å². The number of nitrogens with zero attached hydrogens (tertiary/aromatic N) is 2. The molecular weight excluding hydrogens is 576 g/mol. The number of rotatable bonds is 7. The summed E-state index contributed by atoms with van der Waals surface area (Å²) in [6.07, 6.45) is 0. The average molecular weight is 596 g/mol. The van der Waals surface area contributed by atoms with Gasteiger partial charge in [0.05, 0.1) is 22.2 Å². The van der Waals surface area contributed by atoms with Gasteiger partial charge in [-0.3, -0.25) is 9.35 Å². The van der Waals surface area contributed by atoms with Crippen LogP contribution in [0.2, 0.25) is 10.0 Å². The summed E-state index contributed by atoms with van der Waals surface area (Å²) in [4.78, 5) is 12.8. The molecule has 0 unspecified atom stereocenters. The molecule has 0 fully saturated rings. The largest absolute Gasteiger partial charge is 1.00 e. The molecule has 0 aromatic heterocycles. The molecule has 0 bridgehead atoms. The second-order valence-corrected chi connectivity index (χ2v) is 10.3. The number of anilines is 1. The van der Waals surface area contributed by atoms with Crippen LogP contribution in [0.15, 0.2) is 75.8 Å². The van der Waals surface area contributed by atoms with Gasteiger partial charge in [-0.2, -0.15) is 13.5 Å². The van der Waals surface area contributed by atoms with E-state index in [1.165, 1.54) is 25.1 Å². The molecule has 13 heteroatoms. The van der Waals surface area contributed by atoms with Gasteiger partial charge in [-0.25, -0.2) is 0 Å². The first-order valence-corrected chi connectivity index (χ1v) is 13.3. The first-order chi connectivity index (χ1) is 18.0. The molecule has 0 aliphatic rings. The number of amides is 1. The van der Waals surface area contributed by atoms with Crippen LogP contribution >= 0.6 is 23.2 Å². The average Bonchev–Trinajstić information content (AvgIpc) is 2.84. The van der Waals surface area contributed by atoms with Gasteiger partial charge in [0.2, 0.25) is 0 Å². The molecule has 0 atom stereocenters. The Morgan fingerprint density at radius 2 is 1.79 bits per heavy atom. The van der Waals surface area contributed by atoms with Crippen LogP contribution in [0.1, 0.15) is 22.8 Å². The molecule has 0 saturated heterocycles. The summed E-state index contributed by atoms with van der Waals surface area (Å²) in [6, 6.07) is 15.4. The zero-order chi connectivity index (χ0) is 27.6. The van der Waals surface area contributed by atoms with Gasteiger partial charge in [-0.15, -0.1) is 5.11 Å². The van der Waals surface area contributed by atoms with Crippen LogP contribution in [0.3, 0.4) is 0 Å². The molecule has 196 valence electrons. The van der Waals surface area contributed by atoms with Crippen LogP contribution < -0.4 is 44.7 Å². The summed E-state index contributed by atoms with van der Waals surface area (Å²) in [5.41, 5.74) is 0.181. The summed E-state index contributed by atoms with van der Waals surface area (Å²) in [5.74, 6) is -0.912. The van der Waals surface area contributed by atoms with Gasteiger partial charge >= 0.3 is 29.6 Å². The third kappa shape index (κ3) is 6.90. The predicted octanol–water partition coefficient (Wildman–Crippen LogP) is 3.85. The summed E-state index contributed by atoms with van der Waals surface area (Å²) < 4.78 is 37.9. The molecule has 0 heterocycles. The first-order valence-electron chi connectivity index (χ1n) is 11.2. The second-order valence-electron chi connectivity index (χ2n) is 8.08. The summed E-state index contributed by atoms with van der Waals surface area (Å²) >= 11 is 12.4. The van der Waals surface area contributed by atoms with Crippen LogP contribution in [-0.4, -0.2) is 25.5 Å². The third-order valence-electron chi connectivity index (χ3n) is 5.51. The van der Waals surface area contributed by atoms with E-state index < -0.39 is 21.8 Å². The Labute approximate surface area is 256 Å². The fraction of sp³-hybridized carbons (Fsp3) is 0.115. The second kappa shape index (κ2) is 12.6. The Balaban J connectivity index is 0.00000420. The molecule has 0 saturated carbocycles. The van der Waals surface area contributed by atoms with Crippen molar-refractivity contribution in [3.8, 4) is 11.5 Å². The fourth-order valence-electron chi connectivity index (χ4n) is 3.77. The Hall–Kier alpha value is -2.70. The topological polar surface area (TPSA) is 140 Å². The van der Waals surface area contributed by atoms with Gasteiger partial charge in [0, 0.05) is 27.7 Å². The number of ether oxygens (including phenoxy) is 1. The van der Waals surface area contributed by atoms with Gasteiger partial charge in [0.1, 0.15) is 11.4 Å². The Morgan fingerprint density at radius 1 is 1.08 bits per heavy atom. The van der Waals surface area contributed by atoms with Crippen LogP contribution in [0.5, 0.6) is 11.5 Å². The number of nitrogens with one attached hydrogen (secondary N) is 1. The third-order valence-corrected chi connectivity index (χ3v) is 7.21. The van der Waals surface area contributed by atoms with Gasteiger partial charge in [-0.05, 0) is 55.1 Å². The number of benzene rings is 4. The van der Waals surface area contributed by atoms with Crippen molar-refractivity contribution in [1.82, 2.24) is 0 Å². The van der Waals surface area contributed by atoms with Crippen molar-refractivity contribution in [3.05, 3.63) is 81.8 Å². The monoisotopic (exact) mass is 595 g/mol. The minimum absolute atomic E-state index is 0. The number of halogens is 2. The van der Waals surface area contributed by atoms with E-state index in [0.717, 1.165) is 6.07 Å². The molecule has 0 aliphatic heterocycles. The number of carbonyl (C=O) groups excluding carboxylic acids is 1. The predicted molar refractivity (Wildman–Crippen MR) is 144 cm³/mol. The summed E-state index contributed by atoms with van der Waals surface area (Å²) in [7, 11) is -4.49. The van der Waals surface area contributed by atoms with E-state index >= 15 is 0 Å². The number of hydrogen-bond donors (Lipinski definition) is 2. The van der Waals surface area contributed by atoms with E-state index in [-0.39, 0.29) is 62.0 Å². The van der Waals surface area contributed by atoms with Gasteiger partial charge in [0.15, 0.2) is 0 Å². The number of azo groups is 1. The van der Waals surface area contributed by atoms with Gasteiger partial charge < -0.3 is 15.2 Å². The Kier molecular flexibility index (Phi) is 10.0. The van der Waals surface area contributed by atoms with Crippen LogP contribution in [0.25, 0.3) is 10.8 Å². The number of hydrogen-bond acceptors (Lipinski definition) is 7. The van der Waals surface area contributed by atoms with Gasteiger partial charge in [-0.1, -0.05) is 53.2 Å². The molecule has 4 aromatic rings. The molecule has 4 rings (SSSR count). The van der Waals surface area contributed by atoms with E-state index in [0.29, 0.717) is 33.8 Å². The van der Waals surface area contributed by atoms with Crippen molar-refractivity contribution in [2.75, 3.05) is 11.9 Å². The maximum atomic E-state index is 13.4. The van der Waals surface area contributed by atoms with Gasteiger partial charge in [0.25, 0.3) is 16.0 Å². The van der Waals surface area contributed by atoms with E-state index in [4.69, 9.17) is 27.9 Å². The van der Waals surface area contributed by atoms with E-state index in [1.807, 2.05) is 6.92 Å². The normalized spacial score (nSPS) is 11.4. The number of fused-ring (bicyclic) bond motifs is 1. The van der Waals surface area contributed by atoms with E-state index in [9.17, 15) is 22.9 Å². The molecular formula is C26H20Cl2N3NaO6S. The van der Waals surface area contributed by atoms with Crippen LogP contribution in [0, 0.1) is 6.92 Å². The van der Waals surface area contributed by atoms with Crippen molar-refractivity contribution in [2.45, 2.75) is 18.7 Å². The van der Waals surface area contributed by atoms with Crippen LogP contribution in [-0.2, 0) is 10.1 Å². The van der Waals surface area contributed by atoms with Crippen molar-refractivity contribution >= 4 is 67.1 Å². The van der Waals surface area contributed by atoms with Crippen molar-refractivity contribution in [1.29, 1.82) is 0 Å². The molecule has 9 nitrogen and oxygen atoms in total. The van der Waals surface area contributed by atoms with Crippen molar-refractivity contribution in [2.24, 2.45) is 10.2 Å². The zero-order valence-electron chi connectivity index (χ0n) is 21.0. The van der Waals surface area contributed by atoms with Crippen molar-refractivity contribution < 1.29 is 57.2 Å². The van der Waals surface area contributed by atoms with E-state index in [2.05, 4.69) is 15.5 Å². The van der Waals surface area contributed by atoms with E-state index in [1.54, 1.807) is 36.4 Å². The molecule has 0 spiro atoms.